The van der Waals surface area contributed by atoms with Crippen LogP contribution in [0.5, 0.6) is 5.75 Å². The first-order valence-corrected chi connectivity index (χ1v) is 10.1. The van der Waals surface area contributed by atoms with Crippen molar-refractivity contribution >= 4 is 73.1 Å². The molecule has 0 aliphatic carbocycles. The number of benzene rings is 2. The van der Waals surface area contributed by atoms with Crippen molar-refractivity contribution in [3.8, 4) is 5.75 Å². The number of allylic oxidation sites excluding steroid dienone is 1. The summed E-state index contributed by atoms with van der Waals surface area (Å²) in [5.74, 6) is -0.290. The molecule has 2 aromatic carbocycles. The van der Waals surface area contributed by atoms with Crippen LogP contribution in [0, 0.1) is 5.82 Å². The molecule has 0 bridgehead atoms. The maximum absolute atomic E-state index is 14.4. The highest BCUT2D eigenvalue weighted by Crippen LogP contribution is 2.35. The smallest absolute Gasteiger partial charge is 0.248 e. The molecule has 0 saturated carbocycles. The van der Waals surface area contributed by atoms with Gasteiger partial charge in [0.1, 0.15) is 17.9 Å². The van der Waals surface area contributed by atoms with Crippen molar-refractivity contribution in [2.45, 2.75) is 0 Å². The molecule has 0 fully saturated rings. The average Bonchev–Trinajstić information content (AvgIpc) is 2.72. The van der Waals surface area contributed by atoms with E-state index in [1.807, 2.05) is 0 Å². The van der Waals surface area contributed by atoms with E-state index >= 15 is 0 Å². The number of ether oxygens (including phenoxy) is 1. The van der Waals surface area contributed by atoms with Crippen LogP contribution in [0.25, 0.3) is 10.9 Å². The lowest BCUT2D eigenvalue weighted by Crippen LogP contribution is -2.09. The second-order valence-electron chi connectivity index (χ2n) is 5.69. The lowest BCUT2D eigenvalue weighted by molar-refractivity contribution is -0.111. The Kier molecular flexibility index (Phi) is 6.89. The molecule has 150 valence electrons. The molecule has 0 atom stereocenters. The van der Waals surface area contributed by atoms with Crippen molar-refractivity contribution in [2.75, 3.05) is 23.1 Å². The molecule has 0 spiro atoms. The maximum Gasteiger partial charge on any atom is 0.248 e. The Hall–Kier alpha value is -2.42. The van der Waals surface area contributed by atoms with Gasteiger partial charge in [-0.25, -0.2) is 14.4 Å². The number of nitrogens with zero attached hydrogens (tertiary/aromatic N) is 2. The van der Waals surface area contributed by atoms with Gasteiger partial charge < -0.3 is 15.4 Å². The van der Waals surface area contributed by atoms with Crippen molar-refractivity contribution in [3.05, 3.63) is 58.6 Å². The number of halogens is 4. The zero-order valence-electron chi connectivity index (χ0n) is 15.0. The molecule has 10 heteroatoms. The first kappa shape index (κ1) is 21.3. The van der Waals surface area contributed by atoms with E-state index in [0.29, 0.717) is 33.5 Å². The highest BCUT2D eigenvalue weighted by molar-refractivity contribution is 9.09. The van der Waals surface area contributed by atoms with Crippen LogP contribution in [0.3, 0.4) is 0 Å². The highest BCUT2D eigenvalue weighted by atomic mass is 79.9. The molecule has 1 amide bonds. The van der Waals surface area contributed by atoms with Crippen LogP contribution in [0.4, 0.5) is 21.6 Å². The Morgan fingerprint density at radius 1 is 1.28 bits per heavy atom. The van der Waals surface area contributed by atoms with Gasteiger partial charge in [0.25, 0.3) is 0 Å². The van der Waals surface area contributed by atoms with Gasteiger partial charge in [0, 0.05) is 22.9 Å². The number of hydrogen-bond donors (Lipinski definition) is 2. The summed E-state index contributed by atoms with van der Waals surface area (Å²) in [6.45, 7) is 0. The summed E-state index contributed by atoms with van der Waals surface area (Å²) in [4.78, 5) is 20.5. The maximum atomic E-state index is 14.4. The van der Waals surface area contributed by atoms with E-state index in [1.165, 1.54) is 31.6 Å². The molecule has 6 nitrogen and oxygen atoms in total. The molecule has 2 N–H and O–H groups in total. The first-order valence-electron chi connectivity index (χ1n) is 8.21. The number of rotatable bonds is 6. The van der Waals surface area contributed by atoms with Gasteiger partial charge in [0.15, 0.2) is 5.82 Å². The fourth-order valence-corrected chi connectivity index (χ4v) is 3.02. The van der Waals surface area contributed by atoms with E-state index in [4.69, 9.17) is 27.9 Å². The minimum atomic E-state index is -0.701. The summed E-state index contributed by atoms with van der Waals surface area (Å²) in [7, 11) is 1.48. The number of methoxy groups -OCH3 is 1. The Morgan fingerprint density at radius 3 is 2.79 bits per heavy atom. The summed E-state index contributed by atoms with van der Waals surface area (Å²) >= 11 is 14.9. The second-order valence-corrected chi connectivity index (χ2v) is 7.12. The van der Waals surface area contributed by atoms with Gasteiger partial charge in [-0.1, -0.05) is 45.2 Å². The second kappa shape index (κ2) is 9.39. The van der Waals surface area contributed by atoms with Crippen LogP contribution in [0.2, 0.25) is 10.0 Å². The van der Waals surface area contributed by atoms with Crippen molar-refractivity contribution in [1.82, 2.24) is 9.97 Å². The fourth-order valence-electron chi connectivity index (χ4n) is 2.53. The van der Waals surface area contributed by atoms with Crippen molar-refractivity contribution in [3.63, 3.8) is 0 Å². The Bertz CT molecular complexity index is 1110. The van der Waals surface area contributed by atoms with Crippen LogP contribution < -0.4 is 15.4 Å². The molecule has 29 heavy (non-hydrogen) atoms. The molecule has 3 rings (SSSR count). The molecule has 0 saturated heterocycles. The number of nitrogens with one attached hydrogen (secondary N) is 2. The Labute approximate surface area is 184 Å². The largest absolute Gasteiger partial charge is 0.494 e. The minimum absolute atomic E-state index is 0.0982. The van der Waals surface area contributed by atoms with Gasteiger partial charge in [-0.15, -0.1) is 0 Å². The molecule has 0 aliphatic heterocycles. The molecule has 0 unspecified atom stereocenters. The predicted octanol–water partition coefficient (Wildman–Crippen LogP) is 5.72. The third kappa shape index (κ3) is 4.77. The van der Waals surface area contributed by atoms with Crippen LogP contribution in [-0.4, -0.2) is 28.3 Å². The molecule has 0 radical (unpaired) electrons. The van der Waals surface area contributed by atoms with Crippen LogP contribution >= 0.6 is 39.1 Å². The number of fused-ring (bicyclic) bond motifs is 1. The van der Waals surface area contributed by atoms with Gasteiger partial charge in [0.05, 0.1) is 34.0 Å². The van der Waals surface area contributed by atoms with Gasteiger partial charge in [-0.3, -0.25) is 4.79 Å². The van der Waals surface area contributed by atoms with E-state index in [9.17, 15) is 9.18 Å². The van der Waals surface area contributed by atoms with Crippen molar-refractivity contribution in [2.24, 2.45) is 0 Å². The highest BCUT2D eigenvalue weighted by Gasteiger charge is 2.15. The van der Waals surface area contributed by atoms with E-state index in [2.05, 4.69) is 36.5 Å². The lowest BCUT2D eigenvalue weighted by atomic mass is 10.1. The van der Waals surface area contributed by atoms with Crippen LogP contribution in [0.15, 0.2) is 42.7 Å². The van der Waals surface area contributed by atoms with Crippen molar-refractivity contribution < 1.29 is 13.9 Å². The molecule has 0 aliphatic rings. The normalized spacial score (nSPS) is 11.1. The van der Waals surface area contributed by atoms with E-state index in [-0.39, 0.29) is 21.6 Å². The molecule has 1 aromatic heterocycles. The van der Waals surface area contributed by atoms with Gasteiger partial charge in [-0.05, 0) is 18.2 Å². The van der Waals surface area contributed by atoms with Crippen molar-refractivity contribution in [1.29, 1.82) is 0 Å². The number of amides is 1. The fraction of sp³-hybridized carbons (Fsp3) is 0.105. The van der Waals surface area contributed by atoms with Gasteiger partial charge >= 0.3 is 0 Å². The summed E-state index contributed by atoms with van der Waals surface area (Å²) in [5.41, 5.74) is 1.05. The SMILES string of the molecule is COc1cc2ncnc(Nc3ccc(Cl)c(Cl)c3F)c2cc1NC(=O)C=CCBr. The quantitative estimate of drug-likeness (QED) is 0.258. The number of anilines is 3. The minimum Gasteiger partial charge on any atom is -0.494 e. The summed E-state index contributed by atoms with van der Waals surface area (Å²) < 4.78 is 19.8. The van der Waals surface area contributed by atoms with Gasteiger partial charge in [-0.2, -0.15) is 0 Å². The first-order chi connectivity index (χ1) is 13.9. The zero-order chi connectivity index (χ0) is 21.0. The average molecular weight is 500 g/mol. The number of carbonyl (C=O) groups is 1. The summed E-state index contributed by atoms with van der Waals surface area (Å²) in [5, 5.41) is 6.63. The van der Waals surface area contributed by atoms with E-state index < -0.39 is 5.82 Å². The topological polar surface area (TPSA) is 76.1 Å². The third-order valence-electron chi connectivity index (χ3n) is 3.86. The van der Waals surface area contributed by atoms with Gasteiger partial charge in [0.2, 0.25) is 5.91 Å². The summed E-state index contributed by atoms with van der Waals surface area (Å²) in [6, 6.07) is 6.22. The van der Waals surface area contributed by atoms with E-state index in [0.717, 1.165) is 0 Å². The Balaban J connectivity index is 2.05. The molecular formula is C19H14BrCl2FN4O2. The van der Waals surface area contributed by atoms with E-state index in [1.54, 1.807) is 18.2 Å². The lowest BCUT2D eigenvalue weighted by Gasteiger charge is -2.14. The number of carbonyl (C=O) groups excluding carboxylic acids is 1. The molecular weight excluding hydrogens is 486 g/mol. The zero-order valence-corrected chi connectivity index (χ0v) is 18.1. The molecule has 1 heterocycles. The standard InChI is InChI=1S/C19H14BrCl2FN4O2/c1-29-15-8-13-10(7-14(15)26-16(28)3-2-6-20)19(25-9-24-13)27-12-5-4-11(21)17(22)18(12)23/h2-5,7-9H,6H2,1H3,(H,26,28)(H,24,25,27). The molecule has 3 aromatic rings. The number of hydrogen-bond acceptors (Lipinski definition) is 5. The monoisotopic (exact) mass is 498 g/mol. The van der Waals surface area contributed by atoms with Crippen LogP contribution in [0.1, 0.15) is 0 Å². The predicted molar refractivity (Wildman–Crippen MR) is 117 cm³/mol. The number of aromatic nitrogens is 2. The summed E-state index contributed by atoms with van der Waals surface area (Å²) in [6.07, 6.45) is 4.38. The van der Waals surface area contributed by atoms with Crippen LogP contribution in [-0.2, 0) is 4.79 Å². The Morgan fingerprint density at radius 2 is 2.07 bits per heavy atom. The third-order valence-corrected chi connectivity index (χ3v) is 5.02. The number of alkyl halides is 1.